The predicted octanol–water partition coefficient (Wildman–Crippen LogP) is 1.59. The first kappa shape index (κ1) is 13.5. The van der Waals surface area contributed by atoms with Gasteiger partial charge in [-0.3, -0.25) is 4.90 Å². The molecule has 100 valence electrons. The fraction of sp³-hybridized carbons (Fsp3) is 0.600. The molecule has 1 aliphatic heterocycles. The molecular formula is C15H24N2O. The van der Waals surface area contributed by atoms with Crippen molar-refractivity contribution >= 4 is 0 Å². The number of benzene rings is 1. The summed E-state index contributed by atoms with van der Waals surface area (Å²) >= 11 is 0. The van der Waals surface area contributed by atoms with E-state index >= 15 is 0 Å². The van der Waals surface area contributed by atoms with E-state index in [0.29, 0.717) is 0 Å². The van der Waals surface area contributed by atoms with Gasteiger partial charge < -0.3 is 10.5 Å². The van der Waals surface area contributed by atoms with Crippen molar-refractivity contribution in [3.05, 3.63) is 35.4 Å². The van der Waals surface area contributed by atoms with E-state index in [9.17, 15) is 0 Å². The van der Waals surface area contributed by atoms with Crippen LogP contribution in [0.5, 0.6) is 0 Å². The molecule has 2 rings (SSSR count). The third-order valence-electron chi connectivity index (χ3n) is 3.69. The van der Waals surface area contributed by atoms with Crippen molar-refractivity contribution in [1.82, 2.24) is 4.90 Å². The zero-order valence-corrected chi connectivity index (χ0v) is 11.4. The van der Waals surface area contributed by atoms with Gasteiger partial charge in [0.2, 0.25) is 0 Å². The standard InChI is InChI=1S/C15H24N2O/c1-3-17-8-9-18-15(11-17)14(16)10-13-6-4-12(2)5-7-13/h4-7,14-15H,3,8-11,16H2,1-2H3. The van der Waals surface area contributed by atoms with Gasteiger partial charge in [-0.1, -0.05) is 36.8 Å². The molecule has 18 heavy (non-hydrogen) atoms. The molecule has 3 nitrogen and oxygen atoms in total. The lowest BCUT2D eigenvalue weighted by atomic mass is 10.00. The fourth-order valence-electron chi connectivity index (χ4n) is 2.41. The molecule has 0 aliphatic carbocycles. The number of morpholine rings is 1. The Morgan fingerprint density at radius 2 is 2.11 bits per heavy atom. The summed E-state index contributed by atoms with van der Waals surface area (Å²) in [5, 5.41) is 0. The molecule has 0 bridgehead atoms. The van der Waals surface area contributed by atoms with Crippen LogP contribution in [-0.2, 0) is 11.2 Å². The minimum atomic E-state index is 0.0852. The summed E-state index contributed by atoms with van der Waals surface area (Å²) in [6.07, 6.45) is 1.06. The first-order valence-electron chi connectivity index (χ1n) is 6.84. The molecule has 1 aliphatic rings. The summed E-state index contributed by atoms with van der Waals surface area (Å²) < 4.78 is 5.80. The van der Waals surface area contributed by atoms with Crippen molar-refractivity contribution in [2.45, 2.75) is 32.4 Å². The highest BCUT2D eigenvalue weighted by Crippen LogP contribution is 2.12. The maximum Gasteiger partial charge on any atom is 0.0856 e. The largest absolute Gasteiger partial charge is 0.374 e. The molecule has 0 amide bonds. The lowest BCUT2D eigenvalue weighted by Crippen LogP contribution is -2.51. The summed E-state index contributed by atoms with van der Waals surface area (Å²) in [5.74, 6) is 0. The quantitative estimate of drug-likeness (QED) is 0.879. The monoisotopic (exact) mass is 248 g/mol. The van der Waals surface area contributed by atoms with Gasteiger partial charge in [-0.15, -0.1) is 0 Å². The van der Waals surface area contributed by atoms with E-state index in [1.165, 1.54) is 11.1 Å². The number of rotatable bonds is 4. The van der Waals surface area contributed by atoms with Gasteiger partial charge in [0.15, 0.2) is 0 Å². The SMILES string of the molecule is CCN1CCOC(C(N)Cc2ccc(C)cc2)C1. The molecule has 0 radical (unpaired) electrons. The van der Waals surface area contributed by atoms with Crippen LogP contribution >= 0.6 is 0 Å². The number of nitrogens with zero attached hydrogens (tertiary/aromatic N) is 1. The number of nitrogens with two attached hydrogens (primary N) is 1. The van der Waals surface area contributed by atoms with Crippen molar-refractivity contribution < 1.29 is 4.74 Å². The molecule has 0 spiro atoms. The van der Waals surface area contributed by atoms with Gasteiger partial charge in [0.25, 0.3) is 0 Å². The third-order valence-corrected chi connectivity index (χ3v) is 3.69. The molecule has 1 saturated heterocycles. The predicted molar refractivity (Wildman–Crippen MR) is 74.7 cm³/mol. The fourth-order valence-corrected chi connectivity index (χ4v) is 2.41. The van der Waals surface area contributed by atoms with Crippen molar-refractivity contribution in [1.29, 1.82) is 0 Å². The highest BCUT2D eigenvalue weighted by molar-refractivity contribution is 5.22. The summed E-state index contributed by atoms with van der Waals surface area (Å²) in [7, 11) is 0. The van der Waals surface area contributed by atoms with E-state index in [1.807, 2.05) is 0 Å². The van der Waals surface area contributed by atoms with E-state index in [0.717, 1.165) is 32.7 Å². The van der Waals surface area contributed by atoms with Gasteiger partial charge in [-0.2, -0.15) is 0 Å². The summed E-state index contributed by atoms with van der Waals surface area (Å²) in [4.78, 5) is 2.41. The maximum atomic E-state index is 6.28. The molecule has 1 fully saturated rings. The third kappa shape index (κ3) is 3.55. The smallest absolute Gasteiger partial charge is 0.0856 e. The molecule has 1 heterocycles. The van der Waals surface area contributed by atoms with E-state index < -0.39 is 0 Å². The average molecular weight is 248 g/mol. The maximum absolute atomic E-state index is 6.28. The zero-order valence-electron chi connectivity index (χ0n) is 11.4. The van der Waals surface area contributed by atoms with E-state index in [1.54, 1.807) is 0 Å². The van der Waals surface area contributed by atoms with Crippen molar-refractivity contribution in [3.63, 3.8) is 0 Å². The summed E-state index contributed by atoms with van der Waals surface area (Å²) in [6.45, 7) is 8.17. The Morgan fingerprint density at radius 3 is 2.78 bits per heavy atom. The van der Waals surface area contributed by atoms with Gasteiger partial charge in [-0.05, 0) is 25.5 Å². The molecule has 3 heteroatoms. The second-order valence-corrected chi connectivity index (χ2v) is 5.16. The van der Waals surface area contributed by atoms with Gasteiger partial charge in [0.1, 0.15) is 0 Å². The van der Waals surface area contributed by atoms with Crippen LogP contribution in [0.15, 0.2) is 24.3 Å². The summed E-state index contributed by atoms with van der Waals surface area (Å²) in [5.41, 5.74) is 8.87. The Kier molecular flexibility index (Phi) is 4.75. The normalized spacial score (nSPS) is 22.9. The molecule has 2 atom stereocenters. The topological polar surface area (TPSA) is 38.5 Å². The minimum absolute atomic E-state index is 0.0852. The van der Waals surface area contributed by atoms with Crippen LogP contribution < -0.4 is 5.73 Å². The molecule has 2 N–H and O–H groups in total. The van der Waals surface area contributed by atoms with Gasteiger partial charge >= 0.3 is 0 Å². The molecule has 2 unspecified atom stereocenters. The van der Waals surface area contributed by atoms with Crippen LogP contribution in [0.4, 0.5) is 0 Å². The number of ether oxygens (including phenoxy) is 1. The summed E-state index contributed by atoms with van der Waals surface area (Å²) in [6, 6.07) is 8.69. The minimum Gasteiger partial charge on any atom is -0.374 e. The second kappa shape index (κ2) is 6.32. The van der Waals surface area contributed by atoms with Crippen molar-refractivity contribution in [2.75, 3.05) is 26.2 Å². The van der Waals surface area contributed by atoms with Crippen LogP contribution in [0.1, 0.15) is 18.1 Å². The molecule has 1 aromatic carbocycles. The highest BCUT2D eigenvalue weighted by Gasteiger charge is 2.25. The molecule has 0 aromatic heterocycles. The Bertz CT molecular complexity index is 363. The van der Waals surface area contributed by atoms with Gasteiger partial charge in [0, 0.05) is 19.1 Å². The van der Waals surface area contributed by atoms with E-state index in [2.05, 4.69) is 43.0 Å². The van der Waals surface area contributed by atoms with Crippen molar-refractivity contribution in [3.8, 4) is 0 Å². The Hall–Kier alpha value is -0.900. The average Bonchev–Trinajstić information content (AvgIpc) is 2.41. The van der Waals surface area contributed by atoms with Gasteiger partial charge in [0.05, 0.1) is 12.7 Å². The van der Waals surface area contributed by atoms with Crippen LogP contribution in [0, 0.1) is 6.92 Å². The number of hydrogen-bond acceptors (Lipinski definition) is 3. The first-order valence-corrected chi connectivity index (χ1v) is 6.84. The second-order valence-electron chi connectivity index (χ2n) is 5.16. The number of likely N-dealkylation sites (N-methyl/N-ethyl adjacent to an activating group) is 1. The zero-order chi connectivity index (χ0) is 13.0. The first-order chi connectivity index (χ1) is 8.69. The van der Waals surface area contributed by atoms with E-state index in [-0.39, 0.29) is 12.1 Å². The Labute approximate surface area is 110 Å². The van der Waals surface area contributed by atoms with Crippen LogP contribution in [-0.4, -0.2) is 43.3 Å². The Balaban J connectivity index is 1.90. The number of aryl methyl sites for hydroxylation is 1. The van der Waals surface area contributed by atoms with Crippen LogP contribution in [0.25, 0.3) is 0 Å². The lowest BCUT2D eigenvalue weighted by Gasteiger charge is -2.35. The van der Waals surface area contributed by atoms with Crippen LogP contribution in [0.2, 0.25) is 0 Å². The molecular weight excluding hydrogens is 224 g/mol. The van der Waals surface area contributed by atoms with E-state index in [4.69, 9.17) is 10.5 Å². The van der Waals surface area contributed by atoms with Crippen LogP contribution in [0.3, 0.4) is 0 Å². The van der Waals surface area contributed by atoms with Crippen molar-refractivity contribution in [2.24, 2.45) is 5.73 Å². The number of hydrogen-bond donors (Lipinski definition) is 1. The molecule has 1 aromatic rings. The Morgan fingerprint density at radius 1 is 1.39 bits per heavy atom. The highest BCUT2D eigenvalue weighted by atomic mass is 16.5. The lowest BCUT2D eigenvalue weighted by molar-refractivity contribution is -0.0385. The molecule has 0 saturated carbocycles. The van der Waals surface area contributed by atoms with Gasteiger partial charge in [-0.25, -0.2) is 0 Å².